The molecular formula is C31H37N5O13S2. The van der Waals surface area contributed by atoms with Crippen molar-refractivity contribution >= 4 is 63.1 Å². The molecule has 1 aliphatic rings. The number of amides is 1. The first-order chi connectivity index (χ1) is 24.0. The van der Waals surface area contributed by atoms with Crippen LogP contribution in [0.4, 0.5) is 11.6 Å². The van der Waals surface area contributed by atoms with Crippen LogP contribution >= 0.6 is 11.8 Å². The molecule has 1 amide bonds. The number of nitriles is 1. The Morgan fingerprint density at radius 1 is 0.922 bits per heavy atom. The van der Waals surface area contributed by atoms with E-state index in [-0.39, 0.29) is 28.0 Å². The molecule has 1 aromatic heterocycles. The zero-order valence-corrected chi connectivity index (χ0v) is 30.3. The standard InChI is InChI=1S/C31H37N5O13S2/c1-8-33-30(23(13-32)28(41)34-21-9-11-22(12-10-21)51(42,43)36-29-15(2)16(3)35-49-29)50-31-27(47-20(7)40)26(46-19(6)39)25(45-18(5)38)24(48-31)14-44-17(4)37/h9-12,24-27,31,33,36H,8,14H2,1-7H3,(H,34,41)/b30-23+/t24-,25+,26+,27-,31+/m1/s1. The van der Waals surface area contributed by atoms with Gasteiger partial charge in [0.1, 0.15) is 24.4 Å². The number of thioether (sulfide) groups is 1. The third-order valence-electron chi connectivity index (χ3n) is 6.89. The van der Waals surface area contributed by atoms with Crippen molar-refractivity contribution in [3.63, 3.8) is 0 Å². The maximum Gasteiger partial charge on any atom is 0.303 e. The first-order valence-electron chi connectivity index (χ1n) is 15.2. The Morgan fingerprint density at radius 3 is 2.02 bits per heavy atom. The molecule has 0 saturated carbocycles. The molecule has 0 aliphatic carbocycles. The van der Waals surface area contributed by atoms with Crippen LogP contribution in [0.2, 0.25) is 0 Å². The summed E-state index contributed by atoms with van der Waals surface area (Å²) in [6, 6.07) is 6.89. The summed E-state index contributed by atoms with van der Waals surface area (Å²) in [6.07, 6.45) is -5.58. The summed E-state index contributed by atoms with van der Waals surface area (Å²) >= 11 is 0.723. The third kappa shape index (κ3) is 10.9. The van der Waals surface area contributed by atoms with Crippen LogP contribution < -0.4 is 15.4 Å². The first-order valence-corrected chi connectivity index (χ1v) is 17.6. The zero-order chi connectivity index (χ0) is 38.0. The van der Waals surface area contributed by atoms with E-state index in [9.17, 15) is 37.7 Å². The molecule has 3 rings (SSSR count). The molecular weight excluding hydrogens is 714 g/mol. The van der Waals surface area contributed by atoms with E-state index in [4.69, 9.17) is 28.2 Å². The lowest BCUT2D eigenvalue weighted by atomic mass is 9.99. The number of ether oxygens (including phenoxy) is 5. The number of esters is 4. The van der Waals surface area contributed by atoms with E-state index in [0.717, 1.165) is 39.5 Å². The molecule has 276 valence electrons. The van der Waals surface area contributed by atoms with Gasteiger partial charge < -0.3 is 38.8 Å². The van der Waals surface area contributed by atoms with Crippen molar-refractivity contribution < 1.29 is 60.6 Å². The quantitative estimate of drug-likeness (QED) is 0.108. The smallest absolute Gasteiger partial charge is 0.303 e. The highest BCUT2D eigenvalue weighted by molar-refractivity contribution is 8.03. The van der Waals surface area contributed by atoms with Gasteiger partial charge in [-0.15, -0.1) is 0 Å². The van der Waals surface area contributed by atoms with Gasteiger partial charge in [0.2, 0.25) is 5.88 Å². The van der Waals surface area contributed by atoms with Crippen LogP contribution in [0.1, 0.15) is 45.9 Å². The third-order valence-corrected chi connectivity index (χ3v) is 9.43. The van der Waals surface area contributed by atoms with E-state index in [0.29, 0.717) is 11.3 Å². The van der Waals surface area contributed by atoms with Gasteiger partial charge in [-0.25, -0.2) is 13.1 Å². The molecule has 1 aliphatic heterocycles. The van der Waals surface area contributed by atoms with Gasteiger partial charge in [0.05, 0.1) is 15.6 Å². The van der Waals surface area contributed by atoms with Gasteiger partial charge in [-0.2, -0.15) is 5.26 Å². The average molecular weight is 752 g/mol. The number of carbonyl (C=O) groups excluding carboxylic acids is 5. The number of anilines is 2. The van der Waals surface area contributed by atoms with Gasteiger partial charge in [-0.1, -0.05) is 16.9 Å². The molecule has 5 atom stereocenters. The van der Waals surface area contributed by atoms with Crippen LogP contribution in [-0.4, -0.2) is 86.4 Å². The van der Waals surface area contributed by atoms with Crippen molar-refractivity contribution in [1.29, 1.82) is 5.26 Å². The largest absolute Gasteiger partial charge is 0.463 e. The summed E-state index contributed by atoms with van der Waals surface area (Å²) in [5.74, 6) is -4.12. The van der Waals surface area contributed by atoms with E-state index in [1.54, 1.807) is 20.8 Å². The Kier molecular flexibility index (Phi) is 14.0. The van der Waals surface area contributed by atoms with Crippen LogP contribution in [0, 0.1) is 25.2 Å². The van der Waals surface area contributed by atoms with Gasteiger partial charge in [0.15, 0.2) is 23.7 Å². The number of hydrogen-bond acceptors (Lipinski definition) is 17. The lowest BCUT2D eigenvalue weighted by molar-refractivity contribution is -0.237. The lowest BCUT2D eigenvalue weighted by Crippen LogP contribution is -2.61. The molecule has 0 radical (unpaired) electrons. The molecule has 2 aromatic rings. The maximum atomic E-state index is 13.4. The fourth-order valence-electron chi connectivity index (χ4n) is 4.56. The van der Waals surface area contributed by atoms with Gasteiger partial charge in [0, 0.05) is 45.5 Å². The summed E-state index contributed by atoms with van der Waals surface area (Å²) in [6.45, 7) is 9.06. The SMILES string of the molecule is CCN/C(S[C@@H]1O[C@H](COC(C)=O)[C@H](OC(C)=O)[C@H](OC(C)=O)[C@H]1OC(C)=O)=C(/C#N)C(=O)Nc1ccc(S(=O)(=O)Nc2onc(C)c2C)cc1. The lowest BCUT2D eigenvalue weighted by Gasteiger charge is -2.44. The maximum absolute atomic E-state index is 13.4. The monoisotopic (exact) mass is 751 g/mol. The van der Waals surface area contributed by atoms with Crippen LogP contribution in [0.15, 0.2) is 44.3 Å². The highest BCUT2D eigenvalue weighted by atomic mass is 32.2. The number of rotatable bonds is 14. The molecule has 1 saturated heterocycles. The highest BCUT2D eigenvalue weighted by Gasteiger charge is 2.53. The molecule has 0 unspecified atom stereocenters. The van der Waals surface area contributed by atoms with Crippen LogP contribution in [0.3, 0.4) is 0 Å². The molecule has 0 bridgehead atoms. The summed E-state index contributed by atoms with van der Waals surface area (Å²) in [5, 5.41) is 19.2. The van der Waals surface area contributed by atoms with Crippen molar-refractivity contribution in [2.75, 3.05) is 23.2 Å². The van der Waals surface area contributed by atoms with Crippen molar-refractivity contribution in [2.45, 2.75) is 83.2 Å². The number of carbonyl (C=O) groups is 5. The Balaban J connectivity index is 1.95. The van der Waals surface area contributed by atoms with E-state index >= 15 is 0 Å². The second-order valence-electron chi connectivity index (χ2n) is 10.8. The predicted molar refractivity (Wildman–Crippen MR) is 178 cm³/mol. The molecule has 3 N–H and O–H groups in total. The zero-order valence-electron chi connectivity index (χ0n) is 28.6. The number of aromatic nitrogens is 1. The number of hydrogen-bond donors (Lipinski definition) is 3. The Labute approximate surface area is 297 Å². The van der Waals surface area contributed by atoms with Gasteiger partial charge in [-0.05, 0) is 45.0 Å². The van der Waals surface area contributed by atoms with Crippen LogP contribution in [0.5, 0.6) is 0 Å². The molecule has 1 fully saturated rings. The van der Waals surface area contributed by atoms with Crippen LogP contribution in [-0.2, 0) is 57.7 Å². The molecule has 20 heteroatoms. The second-order valence-corrected chi connectivity index (χ2v) is 13.6. The number of nitrogens with zero attached hydrogens (tertiary/aromatic N) is 2. The molecule has 0 spiro atoms. The summed E-state index contributed by atoms with van der Waals surface area (Å²) in [7, 11) is -4.08. The first kappa shape index (κ1) is 40.3. The Hall–Kier alpha value is -5.13. The van der Waals surface area contributed by atoms with Gasteiger partial charge in [-0.3, -0.25) is 24.0 Å². The summed E-state index contributed by atoms with van der Waals surface area (Å²) in [5.41, 5.74) is -0.631. The van der Waals surface area contributed by atoms with Crippen LogP contribution in [0.25, 0.3) is 0 Å². The van der Waals surface area contributed by atoms with Crippen molar-refractivity contribution in [3.8, 4) is 6.07 Å². The molecule has 2 heterocycles. The van der Waals surface area contributed by atoms with E-state index in [1.807, 2.05) is 6.07 Å². The second kappa shape index (κ2) is 17.7. The van der Waals surface area contributed by atoms with Gasteiger partial charge in [0.25, 0.3) is 15.9 Å². The normalized spacial score (nSPS) is 20.5. The number of sulfonamides is 1. The predicted octanol–water partition coefficient (Wildman–Crippen LogP) is 2.19. The number of aryl methyl sites for hydroxylation is 1. The minimum atomic E-state index is -4.08. The fourth-order valence-corrected chi connectivity index (χ4v) is 6.86. The summed E-state index contributed by atoms with van der Waals surface area (Å²) < 4.78 is 60.6. The highest BCUT2D eigenvalue weighted by Crippen LogP contribution is 2.37. The molecule has 18 nitrogen and oxygen atoms in total. The minimum absolute atomic E-state index is 0.0428. The van der Waals surface area contributed by atoms with Crippen molar-refractivity contribution in [3.05, 3.63) is 46.1 Å². The topological polar surface area (TPSA) is 252 Å². The number of benzene rings is 1. The fraction of sp³-hybridized carbons (Fsp3) is 0.452. The van der Waals surface area contributed by atoms with E-state index < -0.39 is 81.8 Å². The van der Waals surface area contributed by atoms with Gasteiger partial charge >= 0.3 is 23.9 Å². The Bertz CT molecular complexity index is 1820. The average Bonchev–Trinajstić information content (AvgIpc) is 3.34. The van der Waals surface area contributed by atoms with E-state index in [1.165, 1.54) is 24.3 Å². The number of nitrogens with one attached hydrogen (secondary N) is 3. The van der Waals surface area contributed by atoms with Crippen molar-refractivity contribution in [1.82, 2.24) is 10.5 Å². The van der Waals surface area contributed by atoms with Crippen molar-refractivity contribution in [2.24, 2.45) is 0 Å². The van der Waals surface area contributed by atoms with E-state index in [2.05, 4.69) is 20.5 Å². The molecule has 51 heavy (non-hydrogen) atoms. The Morgan fingerprint density at radius 2 is 1.51 bits per heavy atom. The molecule has 1 aromatic carbocycles. The minimum Gasteiger partial charge on any atom is -0.463 e. The summed E-state index contributed by atoms with van der Waals surface area (Å²) in [4.78, 5) is 61.4.